The lowest BCUT2D eigenvalue weighted by Crippen LogP contribution is -2.49. The van der Waals surface area contributed by atoms with Crippen LogP contribution in [0.15, 0.2) is 41.0 Å². The number of benzene rings is 1. The van der Waals surface area contributed by atoms with E-state index in [1.165, 1.54) is 0 Å². The minimum atomic E-state index is -3.30. The van der Waals surface area contributed by atoms with Gasteiger partial charge in [-0.25, -0.2) is 8.42 Å². The van der Waals surface area contributed by atoms with Crippen LogP contribution in [-0.2, 0) is 19.4 Å². The summed E-state index contributed by atoms with van der Waals surface area (Å²) in [5.41, 5.74) is 1.09. The van der Waals surface area contributed by atoms with Gasteiger partial charge >= 0.3 is 0 Å². The Kier molecular flexibility index (Phi) is 5.89. The second-order valence-electron chi connectivity index (χ2n) is 7.12. The standard InChI is InChI=1S/C21H22N2O5S/c1-3-9-28-17-6-4-15(5-7-17)11-18-14(2)19(12-22)21(25)23(20(18)24)16-8-10-29(26,27)13-16/h4-7,11,16H,3,8-10,13H2,1-2H3/b18-11-/t16-/m1/s1. The molecule has 0 unspecified atom stereocenters. The zero-order valence-corrected chi connectivity index (χ0v) is 17.2. The van der Waals surface area contributed by atoms with Crippen molar-refractivity contribution in [2.24, 2.45) is 0 Å². The van der Waals surface area contributed by atoms with E-state index in [-0.39, 0.29) is 29.1 Å². The molecule has 1 saturated heterocycles. The third kappa shape index (κ3) is 4.25. The third-order valence-electron chi connectivity index (χ3n) is 5.01. The monoisotopic (exact) mass is 414 g/mol. The van der Waals surface area contributed by atoms with E-state index in [9.17, 15) is 23.3 Å². The molecule has 2 aliphatic heterocycles. The van der Waals surface area contributed by atoms with Gasteiger partial charge in [-0.3, -0.25) is 14.5 Å². The van der Waals surface area contributed by atoms with E-state index < -0.39 is 27.7 Å². The molecule has 8 heteroatoms. The van der Waals surface area contributed by atoms with Crippen molar-refractivity contribution in [3.8, 4) is 11.8 Å². The molecule has 0 radical (unpaired) electrons. The van der Waals surface area contributed by atoms with Crippen LogP contribution in [0.2, 0.25) is 0 Å². The summed E-state index contributed by atoms with van der Waals surface area (Å²) < 4.78 is 29.2. The van der Waals surface area contributed by atoms with E-state index in [0.29, 0.717) is 23.5 Å². The van der Waals surface area contributed by atoms with Crippen LogP contribution in [0, 0.1) is 11.3 Å². The van der Waals surface area contributed by atoms with Crippen molar-refractivity contribution in [2.75, 3.05) is 18.1 Å². The predicted octanol–water partition coefficient (Wildman–Crippen LogP) is 2.25. The van der Waals surface area contributed by atoms with Crippen LogP contribution < -0.4 is 4.74 Å². The van der Waals surface area contributed by atoms with Crippen LogP contribution in [0.5, 0.6) is 5.75 Å². The largest absolute Gasteiger partial charge is 0.494 e. The number of carbonyl (C=O) groups is 2. The lowest BCUT2D eigenvalue weighted by atomic mass is 9.92. The second kappa shape index (κ2) is 8.21. The van der Waals surface area contributed by atoms with Crippen LogP contribution >= 0.6 is 0 Å². The van der Waals surface area contributed by atoms with Gasteiger partial charge in [0.15, 0.2) is 9.84 Å². The highest BCUT2D eigenvalue weighted by atomic mass is 32.2. The average Bonchev–Trinajstić information content (AvgIpc) is 3.04. The van der Waals surface area contributed by atoms with Gasteiger partial charge in [-0.2, -0.15) is 5.26 Å². The molecule has 152 valence electrons. The van der Waals surface area contributed by atoms with Crippen molar-refractivity contribution in [2.45, 2.75) is 32.7 Å². The first-order valence-electron chi connectivity index (χ1n) is 9.41. The lowest BCUT2D eigenvalue weighted by Gasteiger charge is -2.31. The fourth-order valence-electron chi connectivity index (χ4n) is 3.46. The molecule has 1 fully saturated rings. The molecule has 0 bridgehead atoms. The Balaban J connectivity index is 1.97. The molecule has 1 aromatic carbocycles. The second-order valence-corrected chi connectivity index (χ2v) is 9.35. The predicted molar refractivity (Wildman–Crippen MR) is 107 cm³/mol. The van der Waals surface area contributed by atoms with Crippen molar-refractivity contribution in [3.05, 3.63) is 46.5 Å². The van der Waals surface area contributed by atoms with Gasteiger partial charge < -0.3 is 4.74 Å². The van der Waals surface area contributed by atoms with E-state index in [4.69, 9.17) is 4.74 Å². The molecule has 0 N–H and O–H groups in total. The van der Waals surface area contributed by atoms with Gasteiger partial charge in [0.1, 0.15) is 17.4 Å². The van der Waals surface area contributed by atoms with E-state index in [1.807, 2.05) is 13.0 Å². The van der Waals surface area contributed by atoms with Crippen LogP contribution in [-0.4, -0.2) is 49.3 Å². The van der Waals surface area contributed by atoms with Gasteiger partial charge in [-0.15, -0.1) is 0 Å². The summed E-state index contributed by atoms with van der Waals surface area (Å²) in [5, 5.41) is 9.46. The number of carbonyl (C=O) groups excluding carboxylic acids is 2. The van der Waals surface area contributed by atoms with Crippen LogP contribution in [0.25, 0.3) is 6.08 Å². The molecule has 0 aliphatic carbocycles. The quantitative estimate of drug-likeness (QED) is 0.541. The molecule has 29 heavy (non-hydrogen) atoms. The number of hydrogen-bond acceptors (Lipinski definition) is 6. The van der Waals surface area contributed by atoms with E-state index in [2.05, 4.69) is 0 Å². The molecule has 0 spiro atoms. The summed E-state index contributed by atoms with van der Waals surface area (Å²) in [6.45, 7) is 4.17. The molecule has 2 heterocycles. The van der Waals surface area contributed by atoms with E-state index in [1.54, 1.807) is 37.3 Å². The van der Waals surface area contributed by atoms with Crippen LogP contribution in [0.1, 0.15) is 32.3 Å². The van der Waals surface area contributed by atoms with Gasteiger partial charge in [0.25, 0.3) is 11.8 Å². The first-order chi connectivity index (χ1) is 13.8. The maximum atomic E-state index is 13.1. The Morgan fingerprint density at radius 2 is 1.93 bits per heavy atom. The Hall–Kier alpha value is -2.92. The number of sulfone groups is 1. The molecule has 0 saturated carbocycles. The summed E-state index contributed by atoms with van der Waals surface area (Å²) in [5.74, 6) is -0.921. The SMILES string of the molecule is CCCOc1ccc(/C=C2\C(=O)N([C@@H]3CCS(=O)(=O)C3)C(=O)C(C#N)=C2C)cc1. The summed E-state index contributed by atoms with van der Waals surface area (Å²) in [7, 11) is -3.30. The summed E-state index contributed by atoms with van der Waals surface area (Å²) in [6, 6.07) is 8.26. The van der Waals surface area contributed by atoms with Crippen molar-refractivity contribution >= 4 is 27.7 Å². The zero-order valence-electron chi connectivity index (χ0n) is 16.3. The van der Waals surface area contributed by atoms with Crippen molar-refractivity contribution < 1.29 is 22.7 Å². The number of nitrogens with zero attached hydrogens (tertiary/aromatic N) is 2. The zero-order chi connectivity index (χ0) is 21.2. The highest BCUT2D eigenvalue weighted by Crippen LogP contribution is 2.31. The van der Waals surface area contributed by atoms with E-state index in [0.717, 1.165) is 11.3 Å². The maximum absolute atomic E-state index is 13.1. The molecule has 3 rings (SSSR count). The normalized spacial score (nSPS) is 22.9. The van der Waals surface area contributed by atoms with E-state index >= 15 is 0 Å². The van der Waals surface area contributed by atoms with Gasteiger partial charge in [0.2, 0.25) is 0 Å². The van der Waals surface area contributed by atoms with Crippen LogP contribution in [0.4, 0.5) is 0 Å². The molecule has 2 aliphatic rings. The molecule has 1 aromatic rings. The minimum Gasteiger partial charge on any atom is -0.494 e. The Labute approximate surface area is 170 Å². The Bertz CT molecular complexity index is 1050. The Morgan fingerprint density at radius 1 is 1.24 bits per heavy atom. The van der Waals surface area contributed by atoms with Gasteiger partial charge in [0.05, 0.1) is 24.2 Å². The molecule has 7 nitrogen and oxygen atoms in total. The topological polar surface area (TPSA) is 105 Å². The lowest BCUT2D eigenvalue weighted by molar-refractivity contribution is -0.142. The summed E-state index contributed by atoms with van der Waals surface area (Å²) in [6.07, 6.45) is 2.69. The fraction of sp³-hybridized carbons (Fsp3) is 0.381. The molecular formula is C21H22N2O5S. The van der Waals surface area contributed by atoms with Crippen molar-refractivity contribution in [3.63, 3.8) is 0 Å². The fourth-order valence-corrected chi connectivity index (χ4v) is 5.16. The van der Waals surface area contributed by atoms with Crippen molar-refractivity contribution in [1.82, 2.24) is 4.90 Å². The number of rotatable bonds is 5. The smallest absolute Gasteiger partial charge is 0.271 e. The van der Waals surface area contributed by atoms with Gasteiger partial charge in [-0.05, 0) is 49.1 Å². The molecule has 2 amide bonds. The number of amides is 2. The molecule has 0 aromatic heterocycles. The van der Waals surface area contributed by atoms with Gasteiger partial charge in [-0.1, -0.05) is 19.1 Å². The first kappa shape index (κ1) is 20.8. The van der Waals surface area contributed by atoms with Crippen molar-refractivity contribution in [1.29, 1.82) is 5.26 Å². The minimum absolute atomic E-state index is 0.0718. The third-order valence-corrected chi connectivity index (χ3v) is 6.76. The van der Waals surface area contributed by atoms with Gasteiger partial charge in [0, 0.05) is 5.57 Å². The highest BCUT2D eigenvalue weighted by molar-refractivity contribution is 7.91. The number of hydrogen-bond donors (Lipinski definition) is 0. The number of nitriles is 1. The Morgan fingerprint density at radius 3 is 2.48 bits per heavy atom. The maximum Gasteiger partial charge on any atom is 0.271 e. The molecular weight excluding hydrogens is 392 g/mol. The summed E-state index contributed by atoms with van der Waals surface area (Å²) in [4.78, 5) is 26.7. The highest BCUT2D eigenvalue weighted by Gasteiger charge is 2.43. The first-order valence-corrected chi connectivity index (χ1v) is 11.2. The average molecular weight is 414 g/mol. The number of imide groups is 1. The summed E-state index contributed by atoms with van der Waals surface area (Å²) >= 11 is 0. The number of ether oxygens (including phenoxy) is 1. The van der Waals surface area contributed by atoms with Crippen LogP contribution in [0.3, 0.4) is 0 Å². The molecule has 1 atom stereocenters.